The first-order chi connectivity index (χ1) is 10.3. The Bertz CT molecular complexity index is 615. The van der Waals surface area contributed by atoms with Gasteiger partial charge >= 0.3 is 0 Å². The number of benzene rings is 1. The van der Waals surface area contributed by atoms with Crippen LogP contribution in [-0.2, 0) is 0 Å². The Labute approximate surface area is 124 Å². The fourth-order valence-electron chi connectivity index (χ4n) is 3.11. The Morgan fingerprint density at radius 1 is 1.33 bits per heavy atom. The van der Waals surface area contributed by atoms with Crippen LogP contribution in [0.15, 0.2) is 24.5 Å². The molecular formula is C16H21N3O2. The van der Waals surface area contributed by atoms with Crippen molar-refractivity contribution in [3.8, 4) is 5.75 Å². The van der Waals surface area contributed by atoms with E-state index in [0.29, 0.717) is 6.04 Å². The second kappa shape index (κ2) is 6.26. The van der Waals surface area contributed by atoms with Crippen LogP contribution < -0.4 is 9.64 Å². The van der Waals surface area contributed by atoms with Crippen molar-refractivity contribution in [2.45, 2.75) is 31.7 Å². The molecule has 1 aromatic heterocycles. The van der Waals surface area contributed by atoms with E-state index in [1.165, 1.54) is 12.8 Å². The van der Waals surface area contributed by atoms with Gasteiger partial charge in [0.1, 0.15) is 17.9 Å². The van der Waals surface area contributed by atoms with Gasteiger partial charge in [0.2, 0.25) is 0 Å². The maximum atomic E-state index is 9.29. The zero-order valence-corrected chi connectivity index (χ0v) is 12.3. The summed E-state index contributed by atoms with van der Waals surface area (Å²) in [4.78, 5) is 11.2. The molecule has 1 N–H and O–H groups in total. The van der Waals surface area contributed by atoms with Gasteiger partial charge in [-0.1, -0.05) is 0 Å². The second-order valence-electron chi connectivity index (χ2n) is 5.44. The third kappa shape index (κ3) is 2.78. The number of rotatable bonds is 4. The molecule has 1 saturated heterocycles. The van der Waals surface area contributed by atoms with E-state index in [0.717, 1.165) is 41.9 Å². The van der Waals surface area contributed by atoms with Crippen molar-refractivity contribution in [3.63, 3.8) is 0 Å². The summed E-state index contributed by atoms with van der Waals surface area (Å²) < 4.78 is 5.26. The first kappa shape index (κ1) is 14.1. The highest BCUT2D eigenvalue weighted by molar-refractivity contribution is 5.90. The molecule has 1 atom stereocenters. The van der Waals surface area contributed by atoms with Gasteiger partial charge in [-0.15, -0.1) is 0 Å². The third-order valence-electron chi connectivity index (χ3n) is 4.18. The molecule has 1 fully saturated rings. The van der Waals surface area contributed by atoms with E-state index >= 15 is 0 Å². The molecule has 3 rings (SSSR count). The highest BCUT2D eigenvalue weighted by Gasteiger charge is 2.24. The molecule has 0 saturated carbocycles. The van der Waals surface area contributed by atoms with E-state index in [1.54, 1.807) is 13.4 Å². The molecule has 0 amide bonds. The number of fused-ring (bicyclic) bond motifs is 1. The average Bonchev–Trinajstić information content (AvgIpc) is 2.54. The highest BCUT2D eigenvalue weighted by atomic mass is 16.5. The Balaban J connectivity index is 2.02. The molecule has 1 aromatic carbocycles. The van der Waals surface area contributed by atoms with Gasteiger partial charge in [0.25, 0.3) is 0 Å². The zero-order valence-electron chi connectivity index (χ0n) is 12.3. The standard InChI is InChI=1S/C16H21N3O2/c1-21-13-5-6-14-15(10-13)17-11-18-16(14)19-8-3-2-4-12(19)7-9-20/h5-6,10-12,20H,2-4,7-9H2,1H3. The fourth-order valence-corrected chi connectivity index (χ4v) is 3.11. The van der Waals surface area contributed by atoms with Gasteiger partial charge in [-0.05, 0) is 37.8 Å². The average molecular weight is 287 g/mol. The van der Waals surface area contributed by atoms with E-state index < -0.39 is 0 Å². The minimum Gasteiger partial charge on any atom is -0.497 e. The Kier molecular flexibility index (Phi) is 4.20. The van der Waals surface area contributed by atoms with Crippen molar-refractivity contribution < 1.29 is 9.84 Å². The van der Waals surface area contributed by atoms with Gasteiger partial charge in [-0.3, -0.25) is 0 Å². The summed E-state index contributed by atoms with van der Waals surface area (Å²) in [6.07, 6.45) is 5.91. The molecule has 2 aromatic rings. The van der Waals surface area contributed by atoms with Crippen molar-refractivity contribution >= 4 is 16.7 Å². The van der Waals surface area contributed by atoms with Crippen molar-refractivity contribution in [1.29, 1.82) is 0 Å². The van der Waals surface area contributed by atoms with Crippen molar-refractivity contribution in [2.24, 2.45) is 0 Å². The molecule has 0 radical (unpaired) electrons. The summed E-state index contributed by atoms with van der Waals surface area (Å²) in [6, 6.07) is 6.27. The molecular weight excluding hydrogens is 266 g/mol. The molecule has 1 unspecified atom stereocenters. The highest BCUT2D eigenvalue weighted by Crippen LogP contribution is 2.31. The number of piperidine rings is 1. The summed E-state index contributed by atoms with van der Waals surface area (Å²) in [5.74, 6) is 1.78. The van der Waals surface area contributed by atoms with Gasteiger partial charge in [-0.25, -0.2) is 9.97 Å². The van der Waals surface area contributed by atoms with Crippen LogP contribution in [0.1, 0.15) is 25.7 Å². The number of aromatic nitrogens is 2. The number of aliphatic hydroxyl groups is 1. The van der Waals surface area contributed by atoms with Crippen LogP contribution in [0.3, 0.4) is 0 Å². The van der Waals surface area contributed by atoms with Crippen molar-refractivity contribution in [3.05, 3.63) is 24.5 Å². The lowest BCUT2D eigenvalue weighted by Gasteiger charge is -2.37. The van der Waals surface area contributed by atoms with Crippen LogP contribution >= 0.6 is 0 Å². The van der Waals surface area contributed by atoms with E-state index in [-0.39, 0.29) is 6.61 Å². The number of ether oxygens (including phenoxy) is 1. The molecule has 0 aliphatic carbocycles. The number of anilines is 1. The van der Waals surface area contributed by atoms with Crippen LogP contribution in [0, 0.1) is 0 Å². The molecule has 0 spiro atoms. The largest absolute Gasteiger partial charge is 0.497 e. The lowest BCUT2D eigenvalue weighted by atomic mass is 9.99. The Hall–Kier alpha value is -1.88. The first-order valence-corrected chi connectivity index (χ1v) is 7.49. The summed E-state index contributed by atoms with van der Waals surface area (Å²) in [5, 5.41) is 10.3. The SMILES string of the molecule is COc1ccc2c(N3CCCCC3CCO)ncnc2c1. The van der Waals surface area contributed by atoms with E-state index in [9.17, 15) is 5.11 Å². The van der Waals surface area contributed by atoms with Crippen LogP contribution in [0.4, 0.5) is 5.82 Å². The molecule has 2 heterocycles. The molecule has 1 aliphatic rings. The number of aliphatic hydroxyl groups excluding tert-OH is 1. The number of hydrogen-bond acceptors (Lipinski definition) is 5. The molecule has 1 aliphatic heterocycles. The number of nitrogens with zero attached hydrogens (tertiary/aromatic N) is 3. The zero-order chi connectivity index (χ0) is 14.7. The number of hydrogen-bond donors (Lipinski definition) is 1. The quantitative estimate of drug-likeness (QED) is 0.935. The molecule has 112 valence electrons. The van der Waals surface area contributed by atoms with E-state index in [2.05, 4.69) is 14.9 Å². The van der Waals surface area contributed by atoms with Crippen molar-refractivity contribution in [2.75, 3.05) is 25.2 Å². The smallest absolute Gasteiger partial charge is 0.140 e. The molecule has 21 heavy (non-hydrogen) atoms. The van der Waals surface area contributed by atoms with Crippen LogP contribution in [0.25, 0.3) is 10.9 Å². The fraction of sp³-hybridized carbons (Fsp3) is 0.500. The topological polar surface area (TPSA) is 58.5 Å². The Morgan fingerprint density at radius 2 is 2.24 bits per heavy atom. The maximum absolute atomic E-state index is 9.29. The van der Waals surface area contributed by atoms with Gasteiger partial charge in [-0.2, -0.15) is 0 Å². The molecule has 5 heteroatoms. The van der Waals surface area contributed by atoms with Crippen molar-refractivity contribution in [1.82, 2.24) is 9.97 Å². The second-order valence-corrected chi connectivity index (χ2v) is 5.44. The predicted octanol–water partition coefficient (Wildman–Crippen LogP) is 2.38. The third-order valence-corrected chi connectivity index (χ3v) is 4.18. The van der Waals surface area contributed by atoms with Crippen LogP contribution in [-0.4, -0.2) is 41.4 Å². The van der Waals surface area contributed by atoms with Gasteiger partial charge < -0.3 is 14.7 Å². The minimum atomic E-state index is 0.220. The summed E-state index contributed by atoms with van der Waals surface area (Å²) in [7, 11) is 1.66. The molecule has 0 bridgehead atoms. The summed E-state index contributed by atoms with van der Waals surface area (Å²) in [5.41, 5.74) is 0.896. The molecule has 5 nitrogen and oxygen atoms in total. The Morgan fingerprint density at radius 3 is 3.05 bits per heavy atom. The number of methoxy groups -OCH3 is 1. The monoisotopic (exact) mass is 287 g/mol. The van der Waals surface area contributed by atoms with Crippen LogP contribution in [0.5, 0.6) is 5.75 Å². The van der Waals surface area contributed by atoms with Gasteiger partial charge in [0.15, 0.2) is 0 Å². The van der Waals surface area contributed by atoms with Gasteiger partial charge in [0, 0.05) is 30.6 Å². The minimum absolute atomic E-state index is 0.220. The van der Waals surface area contributed by atoms with E-state index in [1.807, 2.05) is 18.2 Å². The lowest BCUT2D eigenvalue weighted by molar-refractivity contribution is 0.262. The normalized spacial score (nSPS) is 19.0. The summed E-state index contributed by atoms with van der Waals surface area (Å²) >= 11 is 0. The lowest BCUT2D eigenvalue weighted by Crippen LogP contribution is -2.40. The maximum Gasteiger partial charge on any atom is 0.140 e. The summed E-state index contributed by atoms with van der Waals surface area (Å²) in [6.45, 7) is 1.21. The van der Waals surface area contributed by atoms with Gasteiger partial charge in [0.05, 0.1) is 12.6 Å². The first-order valence-electron chi connectivity index (χ1n) is 7.49. The van der Waals surface area contributed by atoms with Crippen LogP contribution in [0.2, 0.25) is 0 Å². The van der Waals surface area contributed by atoms with E-state index in [4.69, 9.17) is 4.74 Å². The predicted molar refractivity (Wildman–Crippen MR) is 82.8 cm³/mol.